The minimum absolute atomic E-state index is 0.129. The van der Waals surface area contributed by atoms with Crippen molar-refractivity contribution in [1.29, 1.82) is 0 Å². The van der Waals surface area contributed by atoms with E-state index in [9.17, 15) is 14.7 Å². The van der Waals surface area contributed by atoms with E-state index in [0.717, 1.165) is 24.1 Å². The Morgan fingerprint density at radius 1 is 1.29 bits per heavy atom. The SMILES string of the molecule is Cc1ccc(N2CCC(C(=O)N(C)CC(O)C3CC3)C2=O)cc1C. The van der Waals surface area contributed by atoms with Crippen molar-refractivity contribution in [2.24, 2.45) is 11.8 Å². The van der Waals surface area contributed by atoms with Gasteiger partial charge in [-0.15, -0.1) is 0 Å². The predicted molar refractivity (Wildman–Crippen MR) is 92.7 cm³/mol. The van der Waals surface area contributed by atoms with Crippen LogP contribution in [0.3, 0.4) is 0 Å². The van der Waals surface area contributed by atoms with Gasteiger partial charge in [0.25, 0.3) is 0 Å². The minimum atomic E-state index is -0.622. The monoisotopic (exact) mass is 330 g/mol. The Morgan fingerprint density at radius 2 is 2.00 bits per heavy atom. The molecule has 1 aromatic rings. The summed E-state index contributed by atoms with van der Waals surface area (Å²) in [6.07, 6.45) is 2.14. The Labute approximate surface area is 143 Å². The zero-order valence-electron chi connectivity index (χ0n) is 14.7. The average molecular weight is 330 g/mol. The Morgan fingerprint density at radius 3 is 2.62 bits per heavy atom. The molecule has 5 heteroatoms. The maximum absolute atomic E-state index is 12.7. The van der Waals surface area contributed by atoms with Crippen LogP contribution in [0.4, 0.5) is 5.69 Å². The van der Waals surface area contributed by atoms with Crippen molar-refractivity contribution in [1.82, 2.24) is 4.90 Å². The fourth-order valence-electron chi connectivity index (χ4n) is 3.33. The molecule has 3 rings (SSSR count). The maximum Gasteiger partial charge on any atom is 0.239 e. The van der Waals surface area contributed by atoms with Gasteiger partial charge in [-0.25, -0.2) is 0 Å². The minimum Gasteiger partial charge on any atom is -0.391 e. The number of carbonyl (C=O) groups excluding carboxylic acids is 2. The van der Waals surface area contributed by atoms with Gasteiger partial charge in [0.05, 0.1) is 6.10 Å². The number of anilines is 1. The number of aliphatic hydroxyl groups excluding tert-OH is 1. The van der Waals surface area contributed by atoms with Crippen LogP contribution in [-0.2, 0) is 9.59 Å². The topological polar surface area (TPSA) is 60.9 Å². The molecule has 1 aliphatic heterocycles. The molecule has 1 aromatic carbocycles. The first-order chi connectivity index (χ1) is 11.4. The highest BCUT2D eigenvalue weighted by atomic mass is 16.3. The van der Waals surface area contributed by atoms with Crippen LogP contribution in [0.15, 0.2) is 18.2 Å². The van der Waals surface area contributed by atoms with Gasteiger partial charge < -0.3 is 14.9 Å². The third-order valence-electron chi connectivity index (χ3n) is 5.31. The van der Waals surface area contributed by atoms with E-state index in [4.69, 9.17) is 0 Å². The Hall–Kier alpha value is -1.88. The van der Waals surface area contributed by atoms with E-state index >= 15 is 0 Å². The summed E-state index contributed by atoms with van der Waals surface area (Å²) in [6, 6.07) is 5.94. The zero-order valence-corrected chi connectivity index (χ0v) is 14.7. The molecule has 0 bridgehead atoms. The van der Waals surface area contributed by atoms with E-state index in [1.165, 1.54) is 10.5 Å². The van der Waals surface area contributed by atoms with Gasteiger partial charge in [-0.2, -0.15) is 0 Å². The fourth-order valence-corrected chi connectivity index (χ4v) is 3.33. The maximum atomic E-state index is 12.7. The number of nitrogens with zero attached hydrogens (tertiary/aromatic N) is 2. The summed E-state index contributed by atoms with van der Waals surface area (Å²) in [5, 5.41) is 10.0. The number of rotatable bonds is 5. The molecule has 2 fully saturated rings. The zero-order chi connectivity index (χ0) is 17.4. The van der Waals surface area contributed by atoms with E-state index in [2.05, 4.69) is 0 Å². The number of aliphatic hydroxyl groups is 1. The van der Waals surface area contributed by atoms with Gasteiger partial charge in [-0.1, -0.05) is 6.07 Å². The second kappa shape index (κ2) is 6.55. The molecular formula is C19H26N2O3. The first-order valence-electron chi connectivity index (χ1n) is 8.70. The molecule has 2 aliphatic rings. The van der Waals surface area contributed by atoms with Crippen LogP contribution in [0.1, 0.15) is 30.4 Å². The lowest BCUT2D eigenvalue weighted by Crippen LogP contribution is -2.41. The standard InChI is InChI=1S/C19H26N2O3/c1-12-4-7-15(10-13(12)2)21-9-8-16(19(21)24)18(23)20(3)11-17(22)14-5-6-14/h4,7,10,14,16-17,22H,5-6,8-9,11H2,1-3H3. The molecule has 1 aliphatic carbocycles. The molecule has 0 spiro atoms. The molecule has 2 amide bonds. The molecule has 130 valence electrons. The molecule has 2 atom stereocenters. The highest BCUT2D eigenvalue weighted by Crippen LogP contribution is 2.33. The highest BCUT2D eigenvalue weighted by Gasteiger charge is 2.40. The lowest BCUT2D eigenvalue weighted by Gasteiger charge is -2.23. The lowest BCUT2D eigenvalue weighted by atomic mass is 10.1. The quantitative estimate of drug-likeness (QED) is 0.839. The van der Waals surface area contributed by atoms with Crippen LogP contribution in [0.25, 0.3) is 0 Å². The van der Waals surface area contributed by atoms with Gasteiger partial charge in [0, 0.05) is 25.8 Å². The first-order valence-corrected chi connectivity index (χ1v) is 8.70. The molecular weight excluding hydrogens is 304 g/mol. The Kier molecular flexibility index (Phi) is 4.63. The predicted octanol–water partition coefficient (Wildman–Crippen LogP) is 1.89. The Balaban J connectivity index is 1.66. The molecule has 0 radical (unpaired) electrons. The van der Waals surface area contributed by atoms with E-state index in [0.29, 0.717) is 25.4 Å². The van der Waals surface area contributed by atoms with Crippen molar-refractivity contribution in [2.75, 3.05) is 25.0 Å². The van der Waals surface area contributed by atoms with Gasteiger partial charge >= 0.3 is 0 Å². The third kappa shape index (κ3) is 3.31. The van der Waals surface area contributed by atoms with Gasteiger partial charge in [-0.3, -0.25) is 9.59 Å². The summed E-state index contributed by atoms with van der Waals surface area (Å²) in [7, 11) is 1.68. The van der Waals surface area contributed by atoms with E-state index in [1.807, 2.05) is 32.0 Å². The van der Waals surface area contributed by atoms with Crippen LogP contribution in [-0.4, -0.2) is 48.1 Å². The van der Waals surface area contributed by atoms with Crippen LogP contribution >= 0.6 is 0 Å². The highest BCUT2D eigenvalue weighted by molar-refractivity contribution is 6.09. The van der Waals surface area contributed by atoms with Crippen LogP contribution in [0, 0.1) is 25.7 Å². The van der Waals surface area contributed by atoms with Crippen molar-refractivity contribution in [2.45, 2.75) is 39.2 Å². The molecule has 1 N–H and O–H groups in total. The van der Waals surface area contributed by atoms with Gasteiger partial charge in [0.15, 0.2) is 0 Å². The van der Waals surface area contributed by atoms with Gasteiger partial charge in [0.1, 0.15) is 5.92 Å². The third-order valence-corrected chi connectivity index (χ3v) is 5.31. The molecule has 2 unspecified atom stereocenters. The average Bonchev–Trinajstić information content (AvgIpc) is 3.33. The van der Waals surface area contributed by atoms with E-state index in [1.54, 1.807) is 11.9 Å². The lowest BCUT2D eigenvalue weighted by molar-refractivity contribution is -0.140. The summed E-state index contributed by atoms with van der Waals surface area (Å²) < 4.78 is 0. The number of carbonyl (C=O) groups is 2. The van der Waals surface area contributed by atoms with Crippen LogP contribution in [0.2, 0.25) is 0 Å². The molecule has 24 heavy (non-hydrogen) atoms. The van der Waals surface area contributed by atoms with Crippen molar-refractivity contribution in [3.8, 4) is 0 Å². The van der Waals surface area contributed by atoms with Gasteiger partial charge in [-0.05, 0) is 62.3 Å². The van der Waals surface area contributed by atoms with E-state index in [-0.39, 0.29) is 11.8 Å². The van der Waals surface area contributed by atoms with Gasteiger partial charge in [0.2, 0.25) is 11.8 Å². The largest absolute Gasteiger partial charge is 0.391 e. The smallest absolute Gasteiger partial charge is 0.239 e. The van der Waals surface area contributed by atoms with Crippen molar-refractivity contribution in [3.05, 3.63) is 29.3 Å². The molecule has 1 saturated heterocycles. The molecule has 0 aromatic heterocycles. The second-order valence-corrected chi connectivity index (χ2v) is 7.22. The van der Waals surface area contributed by atoms with Crippen molar-refractivity contribution < 1.29 is 14.7 Å². The summed E-state index contributed by atoms with van der Waals surface area (Å²) in [5.41, 5.74) is 3.19. The normalized spacial score (nSPS) is 21.9. The molecule has 1 saturated carbocycles. The number of hydrogen-bond donors (Lipinski definition) is 1. The summed E-state index contributed by atoms with van der Waals surface area (Å²) in [6.45, 7) is 4.94. The number of hydrogen-bond acceptors (Lipinski definition) is 3. The van der Waals surface area contributed by atoms with Crippen LogP contribution < -0.4 is 4.90 Å². The fraction of sp³-hybridized carbons (Fsp3) is 0.579. The van der Waals surface area contributed by atoms with Crippen LogP contribution in [0.5, 0.6) is 0 Å². The second-order valence-electron chi connectivity index (χ2n) is 7.22. The summed E-state index contributed by atoms with van der Waals surface area (Å²) >= 11 is 0. The number of benzene rings is 1. The first kappa shape index (κ1) is 17.0. The number of aryl methyl sites for hydroxylation is 2. The van der Waals surface area contributed by atoms with Crippen molar-refractivity contribution in [3.63, 3.8) is 0 Å². The van der Waals surface area contributed by atoms with E-state index < -0.39 is 12.0 Å². The summed E-state index contributed by atoms with van der Waals surface area (Å²) in [5.74, 6) is -0.600. The summed E-state index contributed by atoms with van der Waals surface area (Å²) in [4.78, 5) is 28.5. The number of likely N-dealkylation sites (N-methyl/N-ethyl adjacent to an activating group) is 1. The molecule has 5 nitrogen and oxygen atoms in total. The number of amides is 2. The molecule has 1 heterocycles. The Bertz CT molecular complexity index is 654. The van der Waals surface area contributed by atoms with Crippen molar-refractivity contribution >= 4 is 17.5 Å².